The Morgan fingerprint density at radius 1 is 1.04 bits per heavy atom. The van der Waals surface area contributed by atoms with E-state index in [4.69, 9.17) is 16.3 Å². The van der Waals surface area contributed by atoms with Gasteiger partial charge in [0.05, 0.1) is 24.5 Å². The van der Waals surface area contributed by atoms with Crippen LogP contribution in [0.1, 0.15) is 20.7 Å². The summed E-state index contributed by atoms with van der Waals surface area (Å²) in [6.07, 6.45) is 0. The van der Waals surface area contributed by atoms with Crippen LogP contribution in [0, 0.1) is 0 Å². The molecule has 1 saturated heterocycles. The molecule has 27 heavy (non-hydrogen) atoms. The lowest BCUT2D eigenvalue weighted by Crippen LogP contribution is -2.41. The van der Waals surface area contributed by atoms with Crippen LogP contribution in [-0.2, 0) is 4.74 Å². The van der Waals surface area contributed by atoms with Crippen molar-refractivity contribution in [2.24, 2.45) is 0 Å². The number of ether oxygens (including phenoxy) is 1. The van der Waals surface area contributed by atoms with Crippen LogP contribution >= 0.6 is 11.6 Å². The maximum absolute atomic E-state index is 12.6. The van der Waals surface area contributed by atoms with Crippen LogP contribution in [0.3, 0.4) is 0 Å². The van der Waals surface area contributed by atoms with Gasteiger partial charge in [0, 0.05) is 36.8 Å². The Morgan fingerprint density at radius 3 is 2.59 bits per heavy atom. The predicted octanol–water partition coefficient (Wildman–Crippen LogP) is 2.65. The molecule has 0 atom stereocenters. The van der Waals surface area contributed by atoms with Crippen LogP contribution < -0.4 is 10.6 Å². The van der Waals surface area contributed by atoms with Crippen LogP contribution in [0.25, 0.3) is 0 Å². The first-order valence-electron chi connectivity index (χ1n) is 8.88. The molecule has 0 aliphatic carbocycles. The van der Waals surface area contributed by atoms with E-state index in [2.05, 4.69) is 15.5 Å². The largest absolute Gasteiger partial charge is 0.379 e. The smallest absolute Gasteiger partial charge is 0.255 e. The summed E-state index contributed by atoms with van der Waals surface area (Å²) in [5.74, 6) is -0.531. The van der Waals surface area contributed by atoms with Crippen molar-refractivity contribution in [1.82, 2.24) is 10.2 Å². The molecule has 1 fully saturated rings. The van der Waals surface area contributed by atoms with E-state index in [1.54, 1.807) is 48.5 Å². The van der Waals surface area contributed by atoms with Gasteiger partial charge in [-0.15, -0.1) is 0 Å². The molecule has 0 saturated carbocycles. The molecular weight excluding hydrogens is 366 g/mol. The Bertz CT molecular complexity index is 807. The van der Waals surface area contributed by atoms with E-state index < -0.39 is 0 Å². The molecule has 142 valence electrons. The van der Waals surface area contributed by atoms with Gasteiger partial charge in [-0.25, -0.2) is 0 Å². The van der Waals surface area contributed by atoms with E-state index in [0.717, 1.165) is 32.8 Å². The molecule has 6 nitrogen and oxygen atoms in total. The summed E-state index contributed by atoms with van der Waals surface area (Å²) in [5, 5.41) is 6.19. The van der Waals surface area contributed by atoms with E-state index in [1.807, 2.05) is 0 Å². The Labute approximate surface area is 163 Å². The lowest BCUT2D eigenvalue weighted by Gasteiger charge is -2.26. The first-order chi connectivity index (χ1) is 13.1. The highest BCUT2D eigenvalue weighted by Crippen LogP contribution is 2.17. The fraction of sp³-hybridized carbons (Fsp3) is 0.300. The molecule has 0 radical (unpaired) electrons. The summed E-state index contributed by atoms with van der Waals surface area (Å²) < 4.78 is 5.32. The van der Waals surface area contributed by atoms with Crippen molar-refractivity contribution in [2.75, 3.05) is 44.7 Å². The third-order valence-corrected chi connectivity index (χ3v) is 4.56. The molecule has 2 aromatic carbocycles. The molecule has 3 rings (SSSR count). The zero-order chi connectivity index (χ0) is 19.1. The second kappa shape index (κ2) is 9.50. The zero-order valence-corrected chi connectivity index (χ0v) is 15.7. The summed E-state index contributed by atoms with van der Waals surface area (Å²) in [6, 6.07) is 13.6. The Kier molecular flexibility index (Phi) is 6.81. The number of amides is 2. The van der Waals surface area contributed by atoms with Crippen LogP contribution in [0.4, 0.5) is 5.69 Å². The lowest BCUT2D eigenvalue weighted by atomic mass is 10.1. The van der Waals surface area contributed by atoms with Crippen LogP contribution in [0.2, 0.25) is 5.02 Å². The average Bonchev–Trinajstić information content (AvgIpc) is 2.69. The minimum absolute atomic E-state index is 0.217. The summed E-state index contributed by atoms with van der Waals surface area (Å²) in [7, 11) is 0. The number of carbonyl (C=O) groups is 2. The van der Waals surface area contributed by atoms with Crippen LogP contribution in [-0.4, -0.2) is 56.1 Å². The molecular formula is C20H22ClN3O3. The van der Waals surface area contributed by atoms with Gasteiger partial charge < -0.3 is 15.4 Å². The second-order valence-electron chi connectivity index (χ2n) is 6.22. The van der Waals surface area contributed by atoms with Gasteiger partial charge in [-0.2, -0.15) is 0 Å². The number of halogens is 1. The Balaban J connectivity index is 1.60. The first kappa shape index (κ1) is 19.4. The lowest BCUT2D eigenvalue weighted by molar-refractivity contribution is 0.0383. The number of rotatable bonds is 6. The minimum atomic E-state index is -0.314. The van der Waals surface area contributed by atoms with Crippen LogP contribution in [0.15, 0.2) is 48.5 Å². The third-order valence-electron chi connectivity index (χ3n) is 4.32. The summed E-state index contributed by atoms with van der Waals surface area (Å²) in [5.41, 5.74) is 1.33. The average molecular weight is 388 g/mol. The predicted molar refractivity (Wildman–Crippen MR) is 105 cm³/mol. The highest BCUT2D eigenvalue weighted by Gasteiger charge is 2.15. The normalized spacial score (nSPS) is 14.6. The van der Waals surface area contributed by atoms with Gasteiger partial charge >= 0.3 is 0 Å². The quantitative estimate of drug-likeness (QED) is 0.799. The SMILES string of the molecule is O=C(Nc1ccccc1C(=O)NCCN1CCOCC1)c1cccc(Cl)c1. The molecule has 0 bridgehead atoms. The molecule has 1 heterocycles. The van der Waals surface area contributed by atoms with Crippen molar-refractivity contribution in [3.63, 3.8) is 0 Å². The topological polar surface area (TPSA) is 70.7 Å². The fourth-order valence-electron chi connectivity index (χ4n) is 2.86. The Hall–Kier alpha value is -2.41. The van der Waals surface area contributed by atoms with Gasteiger partial charge in [-0.3, -0.25) is 14.5 Å². The van der Waals surface area contributed by atoms with Crippen molar-refractivity contribution >= 4 is 29.1 Å². The van der Waals surface area contributed by atoms with Gasteiger partial charge in [0.2, 0.25) is 0 Å². The molecule has 1 aliphatic rings. The Morgan fingerprint density at radius 2 is 1.81 bits per heavy atom. The number of hydrogen-bond donors (Lipinski definition) is 2. The minimum Gasteiger partial charge on any atom is -0.379 e. The van der Waals surface area contributed by atoms with E-state index in [1.165, 1.54) is 0 Å². The fourth-order valence-corrected chi connectivity index (χ4v) is 3.05. The van der Waals surface area contributed by atoms with Gasteiger partial charge in [-0.05, 0) is 30.3 Å². The maximum Gasteiger partial charge on any atom is 0.255 e. The number of hydrogen-bond acceptors (Lipinski definition) is 4. The van der Waals surface area contributed by atoms with Gasteiger partial charge in [0.25, 0.3) is 11.8 Å². The number of morpholine rings is 1. The van der Waals surface area contributed by atoms with Gasteiger partial charge in [0.1, 0.15) is 0 Å². The standard InChI is InChI=1S/C20H22ClN3O3/c21-16-5-3-4-15(14-16)19(25)23-18-7-2-1-6-17(18)20(26)22-8-9-24-10-12-27-13-11-24/h1-7,14H,8-13H2,(H,22,26)(H,23,25). The summed E-state index contributed by atoms with van der Waals surface area (Å²) in [6.45, 7) is 4.52. The number of nitrogens with zero attached hydrogens (tertiary/aromatic N) is 1. The first-order valence-corrected chi connectivity index (χ1v) is 9.25. The summed E-state index contributed by atoms with van der Waals surface area (Å²) in [4.78, 5) is 27.2. The van der Waals surface area contributed by atoms with Crippen molar-refractivity contribution in [3.05, 3.63) is 64.7 Å². The molecule has 1 aliphatic heterocycles. The number of para-hydroxylation sites is 1. The van der Waals surface area contributed by atoms with Crippen molar-refractivity contribution in [1.29, 1.82) is 0 Å². The molecule has 0 unspecified atom stereocenters. The van der Waals surface area contributed by atoms with E-state index in [9.17, 15) is 9.59 Å². The maximum atomic E-state index is 12.6. The van der Waals surface area contributed by atoms with E-state index in [0.29, 0.717) is 28.4 Å². The monoisotopic (exact) mass is 387 g/mol. The molecule has 0 aromatic heterocycles. The molecule has 2 aromatic rings. The molecule has 2 amide bonds. The molecule has 2 N–H and O–H groups in total. The third kappa shape index (κ3) is 5.53. The van der Waals surface area contributed by atoms with Gasteiger partial charge in [-0.1, -0.05) is 29.8 Å². The zero-order valence-electron chi connectivity index (χ0n) is 14.9. The van der Waals surface area contributed by atoms with Crippen molar-refractivity contribution in [3.8, 4) is 0 Å². The summed E-state index contributed by atoms with van der Waals surface area (Å²) >= 11 is 5.94. The highest BCUT2D eigenvalue weighted by molar-refractivity contribution is 6.31. The second-order valence-corrected chi connectivity index (χ2v) is 6.66. The highest BCUT2D eigenvalue weighted by atomic mass is 35.5. The van der Waals surface area contributed by atoms with E-state index in [-0.39, 0.29) is 11.8 Å². The van der Waals surface area contributed by atoms with Crippen molar-refractivity contribution < 1.29 is 14.3 Å². The molecule has 0 spiro atoms. The number of benzene rings is 2. The van der Waals surface area contributed by atoms with E-state index >= 15 is 0 Å². The van der Waals surface area contributed by atoms with Crippen molar-refractivity contribution in [2.45, 2.75) is 0 Å². The van der Waals surface area contributed by atoms with Crippen LogP contribution in [0.5, 0.6) is 0 Å². The van der Waals surface area contributed by atoms with Gasteiger partial charge in [0.15, 0.2) is 0 Å². The molecule has 7 heteroatoms. The number of anilines is 1. The number of carbonyl (C=O) groups excluding carboxylic acids is 2. The number of nitrogens with one attached hydrogen (secondary N) is 2.